The largest absolute Gasteiger partial charge is 0.319 e. The van der Waals surface area contributed by atoms with Gasteiger partial charge in [-0.15, -0.1) is 0 Å². The number of rotatable bonds is 2. The maximum atomic E-state index is 13.6. The summed E-state index contributed by atoms with van der Waals surface area (Å²) in [5.74, 6) is -1.02. The molecule has 2 aromatic carbocycles. The highest BCUT2D eigenvalue weighted by atomic mass is 79.9. The molecule has 0 unspecified atom stereocenters. The Hall–Kier alpha value is -1.39. The van der Waals surface area contributed by atoms with Crippen LogP contribution in [-0.4, -0.2) is 5.91 Å². The zero-order valence-corrected chi connectivity index (χ0v) is 11.4. The maximum Gasteiger partial charge on any atom is 0.255 e. The van der Waals surface area contributed by atoms with Crippen LogP contribution in [0.3, 0.4) is 0 Å². The summed E-state index contributed by atoms with van der Waals surface area (Å²) < 4.78 is 14.5. The summed E-state index contributed by atoms with van der Waals surface area (Å²) in [5, 5.41) is 2.45. The average Bonchev–Trinajstić information content (AvgIpc) is 2.36. The van der Waals surface area contributed by atoms with E-state index in [0.29, 0.717) is 5.56 Å². The molecule has 0 aromatic heterocycles. The van der Waals surface area contributed by atoms with E-state index in [2.05, 4.69) is 21.2 Å². The summed E-state index contributed by atoms with van der Waals surface area (Å²) in [7, 11) is 0. The molecule has 1 N–H and O–H groups in total. The molecule has 0 fully saturated rings. The van der Waals surface area contributed by atoms with Crippen LogP contribution in [0.5, 0.6) is 0 Å². The minimum absolute atomic E-state index is 0.0244. The van der Waals surface area contributed by atoms with Gasteiger partial charge in [0, 0.05) is 10.0 Å². The Kier molecular flexibility index (Phi) is 3.99. The van der Waals surface area contributed by atoms with Crippen LogP contribution in [0.1, 0.15) is 10.4 Å². The quantitative estimate of drug-likeness (QED) is 0.864. The molecule has 2 aromatic rings. The van der Waals surface area contributed by atoms with E-state index in [9.17, 15) is 9.18 Å². The molecule has 0 radical (unpaired) electrons. The van der Waals surface area contributed by atoms with Crippen molar-refractivity contribution in [3.8, 4) is 0 Å². The van der Waals surface area contributed by atoms with Gasteiger partial charge < -0.3 is 5.32 Å². The Labute approximate surface area is 117 Å². The first-order chi connectivity index (χ1) is 8.58. The van der Waals surface area contributed by atoms with E-state index in [0.717, 1.165) is 4.47 Å². The van der Waals surface area contributed by atoms with Crippen molar-refractivity contribution in [2.75, 3.05) is 5.32 Å². The van der Waals surface area contributed by atoms with Crippen molar-refractivity contribution in [3.05, 3.63) is 63.3 Å². The van der Waals surface area contributed by atoms with Crippen molar-refractivity contribution >= 4 is 39.1 Å². The molecule has 5 heteroatoms. The molecule has 18 heavy (non-hydrogen) atoms. The third-order valence-electron chi connectivity index (χ3n) is 2.31. The van der Waals surface area contributed by atoms with Crippen LogP contribution < -0.4 is 5.32 Å². The molecule has 0 bridgehead atoms. The number of hydrogen-bond donors (Lipinski definition) is 1. The first kappa shape index (κ1) is 13.1. The second-order valence-corrected chi connectivity index (χ2v) is 4.89. The minimum atomic E-state index is -0.635. The van der Waals surface area contributed by atoms with Gasteiger partial charge in [-0.25, -0.2) is 4.39 Å². The number of hydrogen-bond acceptors (Lipinski definition) is 1. The van der Waals surface area contributed by atoms with Crippen molar-refractivity contribution in [1.82, 2.24) is 0 Å². The molecule has 2 rings (SSSR count). The normalized spacial score (nSPS) is 10.2. The molecule has 0 saturated carbocycles. The lowest BCUT2D eigenvalue weighted by Gasteiger charge is -2.07. The van der Waals surface area contributed by atoms with Gasteiger partial charge in [-0.3, -0.25) is 4.79 Å². The summed E-state index contributed by atoms with van der Waals surface area (Å²) in [5.41, 5.74) is 0.507. The van der Waals surface area contributed by atoms with E-state index < -0.39 is 5.82 Å². The summed E-state index contributed by atoms with van der Waals surface area (Å²) in [4.78, 5) is 11.9. The Bertz CT molecular complexity index is 586. The third-order valence-corrected chi connectivity index (χ3v) is 3.13. The van der Waals surface area contributed by atoms with Crippen molar-refractivity contribution in [2.45, 2.75) is 0 Å². The number of carbonyl (C=O) groups is 1. The summed E-state index contributed by atoms with van der Waals surface area (Å²) >= 11 is 8.90. The van der Waals surface area contributed by atoms with Gasteiger partial charge in [-0.1, -0.05) is 33.6 Å². The lowest BCUT2D eigenvalue weighted by Crippen LogP contribution is -2.12. The topological polar surface area (TPSA) is 29.1 Å². The molecule has 0 saturated heterocycles. The summed E-state index contributed by atoms with van der Waals surface area (Å²) in [6, 6.07) is 11.2. The van der Waals surface area contributed by atoms with E-state index in [-0.39, 0.29) is 16.6 Å². The van der Waals surface area contributed by atoms with Gasteiger partial charge in [0.05, 0.1) is 10.7 Å². The van der Waals surface area contributed by atoms with Gasteiger partial charge in [0.15, 0.2) is 5.82 Å². The number of nitrogens with one attached hydrogen (secondary N) is 1. The highest BCUT2D eigenvalue weighted by Crippen LogP contribution is 2.22. The Balaban J connectivity index is 2.21. The van der Waals surface area contributed by atoms with Gasteiger partial charge in [0.25, 0.3) is 5.91 Å². The molecule has 2 nitrogen and oxygen atoms in total. The van der Waals surface area contributed by atoms with Gasteiger partial charge in [-0.05, 0) is 36.4 Å². The number of benzene rings is 2. The predicted molar refractivity (Wildman–Crippen MR) is 73.5 cm³/mol. The van der Waals surface area contributed by atoms with Crippen LogP contribution in [0.4, 0.5) is 10.1 Å². The van der Waals surface area contributed by atoms with Gasteiger partial charge in [-0.2, -0.15) is 0 Å². The van der Waals surface area contributed by atoms with Gasteiger partial charge in [0.2, 0.25) is 0 Å². The predicted octanol–water partition coefficient (Wildman–Crippen LogP) is 4.49. The minimum Gasteiger partial charge on any atom is -0.319 e. The lowest BCUT2D eigenvalue weighted by molar-refractivity contribution is 0.102. The van der Waals surface area contributed by atoms with Crippen molar-refractivity contribution in [3.63, 3.8) is 0 Å². The Morgan fingerprint density at radius 1 is 1.17 bits per heavy atom. The second-order valence-electron chi connectivity index (χ2n) is 3.56. The SMILES string of the molecule is O=C(Nc1cccc(Cl)c1F)c1ccc(Br)cc1. The average molecular weight is 329 g/mol. The molecule has 0 heterocycles. The number of anilines is 1. The Morgan fingerprint density at radius 2 is 1.83 bits per heavy atom. The van der Waals surface area contributed by atoms with Crippen molar-refractivity contribution in [2.24, 2.45) is 0 Å². The summed E-state index contributed by atoms with van der Waals surface area (Å²) in [6.45, 7) is 0. The fourth-order valence-corrected chi connectivity index (χ4v) is 1.83. The highest BCUT2D eigenvalue weighted by molar-refractivity contribution is 9.10. The maximum absolute atomic E-state index is 13.6. The second kappa shape index (κ2) is 5.50. The third kappa shape index (κ3) is 2.89. The zero-order valence-electron chi connectivity index (χ0n) is 9.08. The van der Waals surface area contributed by atoms with Crippen LogP contribution in [0, 0.1) is 5.82 Å². The first-order valence-electron chi connectivity index (χ1n) is 5.09. The molecule has 1 amide bonds. The van der Waals surface area contributed by atoms with Crippen LogP contribution in [0.15, 0.2) is 46.9 Å². The molecular weight excluding hydrogens is 321 g/mol. The first-order valence-corrected chi connectivity index (χ1v) is 6.26. The smallest absolute Gasteiger partial charge is 0.255 e. The van der Waals surface area contributed by atoms with E-state index in [1.807, 2.05) is 0 Å². The monoisotopic (exact) mass is 327 g/mol. The molecule has 92 valence electrons. The van der Waals surface area contributed by atoms with Crippen molar-refractivity contribution < 1.29 is 9.18 Å². The van der Waals surface area contributed by atoms with Crippen LogP contribution in [-0.2, 0) is 0 Å². The van der Waals surface area contributed by atoms with E-state index >= 15 is 0 Å². The molecule has 0 aliphatic carbocycles. The number of amides is 1. The molecular formula is C13H8BrClFNO. The van der Waals surface area contributed by atoms with Gasteiger partial charge >= 0.3 is 0 Å². The fourth-order valence-electron chi connectivity index (χ4n) is 1.40. The standard InChI is InChI=1S/C13H8BrClFNO/c14-9-6-4-8(5-7-9)13(18)17-11-3-1-2-10(15)12(11)16/h1-7H,(H,17,18). The van der Waals surface area contributed by atoms with Gasteiger partial charge in [0.1, 0.15) is 0 Å². The van der Waals surface area contributed by atoms with E-state index in [4.69, 9.17) is 11.6 Å². The zero-order chi connectivity index (χ0) is 13.1. The fraction of sp³-hybridized carbons (Fsp3) is 0. The van der Waals surface area contributed by atoms with E-state index in [1.165, 1.54) is 12.1 Å². The Morgan fingerprint density at radius 3 is 2.50 bits per heavy atom. The van der Waals surface area contributed by atoms with Crippen LogP contribution in [0.2, 0.25) is 5.02 Å². The number of carbonyl (C=O) groups excluding carboxylic acids is 1. The summed E-state index contributed by atoms with van der Waals surface area (Å²) in [6.07, 6.45) is 0. The highest BCUT2D eigenvalue weighted by Gasteiger charge is 2.10. The van der Waals surface area contributed by atoms with Crippen LogP contribution >= 0.6 is 27.5 Å². The molecule has 0 spiro atoms. The van der Waals surface area contributed by atoms with E-state index in [1.54, 1.807) is 30.3 Å². The molecule has 0 atom stereocenters. The lowest BCUT2D eigenvalue weighted by atomic mass is 10.2. The molecule has 0 aliphatic heterocycles. The number of halogens is 3. The molecule has 0 aliphatic rings. The van der Waals surface area contributed by atoms with Crippen LogP contribution in [0.25, 0.3) is 0 Å². The van der Waals surface area contributed by atoms with Crippen molar-refractivity contribution in [1.29, 1.82) is 0 Å².